The third-order valence-corrected chi connectivity index (χ3v) is 3.25. The maximum atomic E-state index is 12.3. The number of phenols is 1. The van der Waals surface area contributed by atoms with Crippen LogP contribution in [-0.2, 0) is 4.74 Å². The third-order valence-electron chi connectivity index (χ3n) is 3.25. The van der Waals surface area contributed by atoms with Gasteiger partial charge in [0.2, 0.25) is 0 Å². The molecular formula is C14H14N2O3. The minimum Gasteiger partial charge on any atom is -0.507 e. The summed E-state index contributed by atoms with van der Waals surface area (Å²) < 4.78 is 5.22. The quantitative estimate of drug-likeness (QED) is 0.840. The lowest BCUT2D eigenvalue weighted by Gasteiger charge is -2.27. The largest absolute Gasteiger partial charge is 0.507 e. The maximum Gasteiger partial charge on any atom is 0.257 e. The van der Waals surface area contributed by atoms with Crippen LogP contribution in [0.3, 0.4) is 0 Å². The van der Waals surface area contributed by atoms with Gasteiger partial charge in [-0.3, -0.25) is 9.78 Å². The van der Waals surface area contributed by atoms with Crippen LogP contribution < -0.4 is 0 Å². The molecule has 1 aromatic carbocycles. The predicted molar refractivity (Wildman–Crippen MR) is 70.1 cm³/mol. The molecule has 0 unspecified atom stereocenters. The van der Waals surface area contributed by atoms with Gasteiger partial charge in [0.05, 0.1) is 24.3 Å². The fourth-order valence-electron chi connectivity index (χ4n) is 2.22. The highest BCUT2D eigenvalue weighted by atomic mass is 16.5. The lowest BCUT2D eigenvalue weighted by atomic mass is 10.1. The van der Waals surface area contributed by atoms with E-state index in [2.05, 4.69) is 4.98 Å². The minimum atomic E-state index is -0.173. The molecule has 0 spiro atoms. The first-order valence-corrected chi connectivity index (χ1v) is 6.20. The van der Waals surface area contributed by atoms with Crippen molar-refractivity contribution < 1.29 is 14.6 Å². The number of hydrogen-bond acceptors (Lipinski definition) is 4. The Kier molecular flexibility index (Phi) is 3.05. The van der Waals surface area contributed by atoms with Crippen molar-refractivity contribution in [1.29, 1.82) is 0 Å². The number of rotatable bonds is 1. The van der Waals surface area contributed by atoms with Crippen molar-refractivity contribution in [1.82, 2.24) is 9.88 Å². The normalized spacial score (nSPS) is 15.7. The summed E-state index contributed by atoms with van der Waals surface area (Å²) >= 11 is 0. The van der Waals surface area contributed by atoms with Crippen LogP contribution in [-0.4, -0.2) is 47.2 Å². The monoisotopic (exact) mass is 258 g/mol. The van der Waals surface area contributed by atoms with Crippen LogP contribution in [0.4, 0.5) is 0 Å². The number of carbonyl (C=O) groups is 1. The van der Waals surface area contributed by atoms with E-state index in [1.807, 2.05) is 6.07 Å². The van der Waals surface area contributed by atoms with Gasteiger partial charge in [-0.15, -0.1) is 0 Å². The summed E-state index contributed by atoms with van der Waals surface area (Å²) in [5.41, 5.74) is 1.00. The molecule has 0 radical (unpaired) electrons. The van der Waals surface area contributed by atoms with Crippen molar-refractivity contribution in [3.05, 3.63) is 36.0 Å². The first-order valence-electron chi connectivity index (χ1n) is 6.20. The predicted octanol–water partition coefficient (Wildman–Crippen LogP) is 1.41. The Morgan fingerprint density at radius 3 is 2.89 bits per heavy atom. The van der Waals surface area contributed by atoms with Crippen LogP contribution in [0, 0.1) is 0 Å². The van der Waals surface area contributed by atoms with Gasteiger partial charge in [-0.1, -0.05) is 6.07 Å². The zero-order valence-electron chi connectivity index (χ0n) is 10.4. The van der Waals surface area contributed by atoms with E-state index in [9.17, 15) is 9.90 Å². The number of pyridine rings is 1. The Bertz CT molecular complexity index is 621. The number of amides is 1. The highest BCUT2D eigenvalue weighted by Crippen LogP contribution is 2.25. The summed E-state index contributed by atoms with van der Waals surface area (Å²) in [5, 5.41) is 10.8. The van der Waals surface area contributed by atoms with Gasteiger partial charge in [0.25, 0.3) is 5.91 Å². The number of ether oxygens (including phenoxy) is 1. The molecule has 0 atom stereocenters. The molecule has 0 bridgehead atoms. The first kappa shape index (κ1) is 11.9. The second-order valence-electron chi connectivity index (χ2n) is 4.47. The fraction of sp³-hybridized carbons (Fsp3) is 0.286. The van der Waals surface area contributed by atoms with E-state index in [1.54, 1.807) is 29.3 Å². The lowest BCUT2D eigenvalue weighted by Crippen LogP contribution is -2.40. The molecule has 2 heterocycles. The lowest BCUT2D eigenvalue weighted by molar-refractivity contribution is 0.0301. The topological polar surface area (TPSA) is 62.7 Å². The Morgan fingerprint density at radius 2 is 2.11 bits per heavy atom. The van der Waals surface area contributed by atoms with Gasteiger partial charge < -0.3 is 14.7 Å². The van der Waals surface area contributed by atoms with Crippen LogP contribution >= 0.6 is 0 Å². The number of aromatic hydroxyl groups is 1. The van der Waals surface area contributed by atoms with Crippen LogP contribution in [0.1, 0.15) is 10.4 Å². The number of phenolic OH excluding ortho intramolecular Hbond substituents is 1. The zero-order valence-corrected chi connectivity index (χ0v) is 10.4. The van der Waals surface area contributed by atoms with Crippen LogP contribution in [0.5, 0.6) is 5.75 Å². The number of benzene rings is 1. The number of hydrogen-bond donors (Lipinski definition) is 1. The van der Waals surface area contributed by atoms with Gasteiger partial charge in [-0.2, -0.15) is 0 Å². The first-order chi connectivity index (χ1) is 9.25. The van der Waals surface area contributed by atoms with Crippen LogP contribution in [0.25, 0.3) is 10.9 Å². The van der Waals surface area contributed by atoms with E-state index in [4.69, 9.17) is 4.74 Å². The molecular weight excluding hydrogens is 244 g/mol. The summed E-state index contributed by atoms with van der Waals surface area (Å²) in [5.74, 6) is -0.176. The van der Waals surface area contributed by atoms with Gasteiger partial charge in [0.15, 0.2) is 0 Å². The van der Waals surface area contributed by atoms with E-state index in [-0.39, 0.29) is 11.7 Å². The molecule has 19 heavy (non-hydrogen) atoms. The van der Waals surface area contributed by atoms with Crippen molar-refractivity contribution >= 4 is 16.8 Å². The molecule has 0 saturated carbocycles. The summed E-state index contributed by atoms with van der Waals surface area (Å²) in [6, 6.07) is 6.87. The average Bonchev–Trinajstić information content (AvgIpc) is 2.47. The Balaban J connectivity index is 1.99. The van der Waals surface area contributed by atoms with Gasteiger partial charge >= 0.3 is 0 Å². The smallest absolute Gasteiger partial charge is 0.257 e. The molecule has 1 aliphatic heterocycles. The van der Waals surface area contributed by atoms with E-state index >= 15 is 0 Å². The highest BCUT2D eigenvalue weighted by molar-refractivity contribution is 6.00. The molecule has 1 fully saturated rings. The number of morpholine rings is 1. The third kappa shape index (κ3) is 2.24. The fourth-order valence-corrected chi connectivity index (χ4v) is 2.22. The molecule has 0 aliphatic carbocycles. The summed E-state index contributed by atoms with van der Waals surface area (Å²) in [7, 11) is 0. The molecule has 1 aromatic heterocycles. The van der Waals surface area contributed by atoms with Gasteiger partial charge in [0.1, 0.15) is 5.75 Å². The van der Waals surface area contributed by atoms with Crippen molar-refractivity contribution in [2.45, 2.75) is 0 Å². The SMILES string of the molecule is O=C(c1cc2ncccc2cc1O)N1CCOCC1. The van der Waals surface area contributed by atoms with Gasteiger partial charge in [0, 0.05) is 24.7 Å². The Morgan fingerprint density at radius 1 is 1.32 bits per heavy atom. The second kappa shape index (κ2) is 4.85. The molecule has 2 aromatic rings. The molecule has 98 valence electrons. The van der Waals surface area contributed by atoms with Crippen molar-refractivity contribution in [3.63, 3.8) is 0 Å². The van der Waals surface area contributed by atoms with Crippen molar-refractivity contribution in [3.8, 4) is 5.75 Å². The van der Waals surface area contributed by atoms with E-state index in [1.165, 1.54) is 0 Å². The van der Waals surface area contributed by atoms with Crippen LogP contribution in [0.2, 0.25) is 0 Å². The minimum absolute atomic E-state index is 0.00279. The average molecular weight is 258 g/mol. The highest BCUT2D eigenvalue weighted by Gasteiger charge is 2.21. The molecule has 3 rings (SSSR count). The Hall–Kier alpha value is -2.14. The molecule has 5 heteroatoms. The molecule has 1 N–H and O–H groups in total. The molecule has 1 amide bonds. The molecule has 1 saturated heterocycles. The van der Waals surface area contributed by atoms with Gasteiger partial charge in [-0.05, 0) is 18.2 Å². The maximum absolute atomic E-state index is 12.3. The number of carbonyl (C=O) groups excluding carboxylic acids is 1. The summed E-state index contributed by atoms with van der Waals surface area (Å²) in [4.78, 5) is 18.2. The molecule has 5 nitrogen and oxygen atoms in total. The number of aromatic nitrogens is 1. The van der Waals surface area contributed by atoms with Crippen molar-refractivity contribution in [2.24, 2.45) is 0 Å². The number of nitrogens with zero attached hydrogens (tertiary/aromatic N) is 2. The summed E-state index contributed by atoms with van der Waals surface area (Å²) in [6.07, 6.45) is 1.67. The van der Waals surface area contributed by atoms with E-state index in [0.29, 0.717) is 37.4 Å². The number of fused-ring (bicyclic) bond motifs is 1. The standard InChI is InChI=1S/C14H14N2O3/c17-13-8-10-2-1-3-15-12(10)9-11(13)14(18)16-4-6-19-7-5-16/h1-3,8-9,17H,4-7H2. The Labute approximate surface area is 110 Å². The summed E-state index contributed by atoms with van der Waals surface area (Å²) in [6.45, 7) is 2.19. The van der Waals surface area contributed by atoms with E-state index in [0.717, 1.165) is 5.39 Å². The zero-order chi connectivity index (χ0) is 13.2. The molecule has 1 aliphatic rings. The van der Waals surface area contributed by atoms with Crippen LogP contribution in [0.15, 0.2) is 30.5 Å². The van der Waals surface area contributed by atoms with E-state index < -0.39 is 0 Å². The second-order valence-corrected chi connectivity index (χ2v) is 4.47. The van der Waals surface area contributed by atoms with Crippen molar-refractivity contribution in [2.75, 3.05) is 26.3 Å². The van der Waals surface area contributed by atoms with Gasteiger partial charge in [-0.25, -0.2) is 0 Å².